The van der Waals surface area contributed by atoms with Gasteiger partial charge in [0.05, 0.1) is 12.4 Å². The monoisotopic (exact) mass is 236 g/mol. The number of sulfonamides is 1. The van der Waals surface area contributed by atoms with Crippen LogP contribution >= 0.6 is 0 Å². The summed E-state index contributed by atoms with van der Waals surface area (Å²) in [5, 5.41) is 3.21. The Morgan fingerprint density at radius 3 is 2.80 bits per heavy atom. The Morgan fingerprint density at radius 1 is 1.47 bits per heavy atom. The van der Waals surface area contributed by atoms with E-state index in [0.717, 1.165) is 19.5 Å². The molecule has 0 bridgehead atoms. The van der Waals surface area contributed by atoms with Crippen molar-refractivity contribution in [2.24, 2.45) is 5.92 Å². The van der Waals surface area contributed by atoms with E-state index < -0.39 is 10.0 Å². The molecule has 5 nitrogen and oxygen atoms in total. The third-order valence-corrected chi connectivity index (χ3v) is 3.87. The van der Waals surface area contributed by atoms with Gasteiger partial charge in [-0.2, -0.15) is 0 Å². The molecule has 2 atom stereocenters. The minimum Gasteiger partial charge on any atom is -0.384 e. The summed E-state index contributed by atoms with van der Waals surface area (Å²) >= 11 is 0. The first kappa shape index (κ1) is 12.9. The van der Waals surface area contributed by atoms with Gasteiger partial charge >= 0.3 is 0 Å². The van der Waals surface area contributed by atoms with Crippen LogP contribution in [0.4, 0.5) is 0 Å². The third-order valence-electron chi connectivity index (χ3n) is 2.47. The van der Waals surface area contributed by atoms with E-state index >= 15 is 0 Å². The zero-order valence-corrected chi connectivity index (χ0v) is 10.1. The van der Waals surface area contributed by atoms with Gasteiger partial charge in [-0.15, -0.1) is 0 Å². The predicted molar refractivity (Wildman–Crippen MR) is 59.2 cm³/mol. The molecule has 1 aliphatic rings. The molecule has 0 aromatic carbocycles. The number of hydrogen-bond donors (Lipinski definition) is 2. The highest BCUT2D eigenvalue weighted by Gasteiger charge is 2.22. The van der Waals surface area contributed by atoms with Crippen molar-refractivity contribution in [1.82, 2.24) is 10.0 Å². The van der Waals surface area contributed by atoms with Crippen LogP contribution in [0.2, 0.25) is 0 Å². The Kier molecular flexibility index (Phi) is 4.98. The van der Waals surface area contributed by atoms with E-state index in [-0.39, 0.29) is 18.4 Å². The first-order chi connectivity index (χ1) is 7.03. The maximum Gasteiger partial charge on any atom is 0.214 e. The molecule has 0 amide bonds. The highest BCUT2D eigenvalue weighted by molar-refractivity contribution is 7.89. The van der Waals surface area contributed by atoms with Crippen molar-refractivity contribution in [3.05, 3.63) is 0 Å². The minimum atomic E-state index is -3.18. The SMILES string of the molecule is COCCS(=O)(=O)NC1CNCC(C)C1. The molecule has 1 rings (SSSR count). The average molecular weight is 236 g/mol. The van der Waals surface area contributed by atoms with Crippen molar-refractivity contribution in [2.45, 2.75) is 19.4 Å². The normalized spacial score (nSPS) is 27.9. The van der Waals surface area contributed by atoms with Crippen molar-refractivity contribution in [3.63, 3.8) is 0 Å². The molecule has 0 aliphatic carbocycles. The number of rotatable bonds is 5. The van der Waals surface area contributed by atoms with Crippen LogP contribution in [0.15, 0.2) is 0 Å². The van der Waals surface area contributed by atoms with Gasteiger partial charge in [0.2, 0.25) is 10.0 Å². The molecule has 1 fully saturated rings. The molecule has 15 heavy (non-hydrogen) atoms. The summed E-state index contributed by atoms with van der Waals surface area (Å²) in [4.78, 5) is 0. The van der Waals surface area contributed by atoms with E-state index in [9.17, 15) is 8.42 Å². The first-order valence-electron chi connectivity index (χ1n) is 5.23. The lowest BCUT2D eigenvalue weighted by Gasteiger charge is -2.28. The molecule has 90 valence electrons. The van der Waals surface area contributed by atoms with Crippen LogP contribution in [0.3, 0.4) is 0 Å². The number of piperidine rings is 1. The Bertz CT molecular complexity index is 279. The number of nitrogens with one attached hydrogen (secondary N) is 2. The lowest BCUT2D eigenvalue weighted by atomic mass is 9.99. The molecule has 1 heterocycles. The van der Waals surface area contributed by atoms with Crippen LogP contribution in [-0.4, -0.2) is 47.0 Å². The molecular weight excluding hydrogens is 216 g/mol. The Labute approximate surface area is 91.6 Å². The molecule has 0 saturated carbocycles. The van der Waals surface area contributed by atoms with Gasteiger partial charge in [0.25, 0.3) is 0 Å². The third kappa shape index (κ3) is 4.92. The van der Waals surface area contributed by atoms with E-state index in [0.29, 0.717) is 5.92 Å². The van der Waals surface area contributed by atoms with Crippen LogP contribution < -0.4 is 10.0 Å². The summed E-state index contributed by atoms with van der Waals surface area (Å²) < 4.78 is 30.5. The largest absolute Gasteiger partial charge is 0.384 e. The molecule has 0 radical (unpaired) electrons. The number of hydrogen-bond acceptors (Lipinski definition) is 4. The zero-order valence-electron chi connectivity index (χ0n) is 9.32. The molecule has 6 heteroatoms. The topological polar surface area (TPSA) is 67.4 Å². The van der Waals surface area contributed by atoms with E-state index in [2.05, 4.69) is 17.0 Å². The molecule has 1 aliphatic heterocycles. The molecule has 1 saturated heterocycles. The lowest BCUT2D eigenvalue weighted by Crippen LogP contribution is -2.49. The standard InChI is InChI=1S/C9H20N2O3S/c1-8-5-9(7-10-6-8)11-15(12,13)4-3-14-2/h8-11H,3-7H2,1-2H3. The van der Waals surface area contributed by atoms with Crippen LogP contribution in [0, 0.1) is 5.92 Å². The maximum absolute atomic E-state index is 11.5. The second-order valence-corrected chi connectivity index (χ2v) is 6.00. The van der Waals surface area contributed by atoms with Gasteiger partial charge in [-0.3, -0.25) is 0 Å². The van der Waals surface area contributed by atoms with Gasteiger partial charge in [0.15, 0.2) is 0 Å². The highest BCUT2D eigenvalue weighted by Crippen LogP contribution is 2.10. The quantitative estimate of drug-likeness (QED) is 0.678. The molecule has 0 spiro atoms. The first-order valence-corrected chi connectivity index (χ1v) is 6.88. The summed E-state index contributed by atoms with van der Waals surface area (Å²) in [5.74, 6) is 0.558. The predicted octanol–water partition coefficient (Wildman–Crippen LogP) is -0.450. The Hall–Kier alpha value is -0.170. The molecule has 0 aromatic heterocycles. The summed E-state index contributed by atoms with van der Waals surface area (Å²) in [5.41, 5.74) is 0. The second kappa shape index (κ2) is 5.79. The van der Waals surface area contributed by atoms with Gasteiger partial charge in [-0.1, -0.05) is 6.92 Å². The summed E-state index contributed by atoms with van der Waals surface area (Å²) in [6, 6.07) is 0.0237. The fraction of sp³-hybridized carbons (Fsp3) is 1.00. The van der Waals surface area contributed by atoms with Crippen molar-refractivity contribution >= 4 is 10.0 Å². The summed E-state index contributed by atoms with van der Waals surface area (Å²) in [7, 11) is -1.68. The highest BCUT2D eigenvalue weighted by atomic mass is 32.2. The molecule has 2 N–H and O–H groups in total. The van der Waals surface area contributed by atoms with E-state index in [1.807, 2.05) is 0 Å². The smallest absolute Gasteiger partial charge is 0.214 e. The van der Waals surface area contributed by atoms with Crippen molar-refractivity contribution in [1.29, 1.82) is 0 Å². The fourth-order valence-corrected chi connectivity index (χ4v) is 2.94. The van der Waals surface area contributed by atoms with Gasteiger partial charge in [-0.25, -0.2) is 13.1 Å². The zero-order chi connectivity index (χ0) is 11.3. The summed E-state index contributed by atoms with van der Waals surface area (Å²) in [6.45, 7) is 4.04. The Morgan fingerprint density at radius 2 is 2.20 bits per heavy atom. The van der Waals surface area contributed by atoms with Gasteiger partial charge in [-0.05, 0) is 18.9 Å². The molecular formula is C9H20N2O3S. The fourth-order valence-electron chi connectivity index (χ4n) is 1.75. The summed E-state index contributed by atoms with van der Waals surface area (Å²) in [6.07, 6.45) is 0.902. The maximum atomic E-state index is 11.5. The van der Waals surface area contributed by atoms with Gasteiger partial charge in [0, 0.05) is 19.7 Å². The van der Waals surface area contributed by atoms with Crippen LogP contribution in [-0.2, 0) is 14.8 Å². The lowest BCUT2D eigenvalue weighted by molar-refractivity contribution is 0.216. The van der Waals surface area contributed by atoms with Crippen molar-refractivity contribution < 1.29 is 13.2 Å². The van der Waals surface area contributed by atoms with Crippen LogP contribution in [0.1, 0.15) is 13.3 Å². The average Bonchev–Trinajstić information content (AvgIpc) is 2.14. The van der Waals surface area contributed by atoms with E-state index in [1.165, 1.54) is 7.11 Å². The molecule has 2 unspecified atom stereocenters. The number of ether oxygens (including phenoxy) is 1. The van der Waals surface area contributed by atoms with Crippen LogP contribution in [0.5, 0.6) is 0 Å². The van der Waals surface area contributed by atoms with Gasteiger partial charge in [0.1, 0.15) is 0 Å². The van der Waals surface area contributed by atoms with Crippen LogP contribution in [0.25, 0.3) is 0 Å². The van der Waals surface area contributed by atoms with Gasteiger partial charge < -0.3 is 10.1 Å². The van der Waals surface area contributed by atoms with Crippen molar-refractivity contribution in [2.75, 3.05) is 32.6 Å². The molecule has 0 aromatic rings. The minimum absolute atomic E-state index is 0.0237. The Balaban J connectivity index is 2.39. The second-order valence-electron chi connectivity index (χ2n) is 4.13. The van der Waals surface area contributed by atoms with E-state index in [4.69, 9.17) is 4.74 Å². The van der Waals surface area contributed by atoms with E-state index in [1.54, 1.807) is 0 Å². The number of methoxy groups -OCH3 is 1. The van der Waals surface area contributed by atoms with Crippen molar-refractivity contribution in [3.8, 4) is 0 Å².